The van der Waals surface area contributed by atoms with E-state index in [4.69, 9.17) is 52.1 Å². The Morgan fingerprint density at radius 2 is 0.778 bits per heavy atom. The highest BCUT2D eigenvalue weighted by Crippen LogP contribution is 2.11. The summed E-state index contributed by atoms with van der Waals surface area (Å²) in [4.78, 5) is 23.8. The molecule has 0 amide bonds. The van der Waals surface area contributed by atoms with Gasteiger partial charge in [-0.05, 0) is 37.1 Å². The molecule has 1 rings (SSSR count). The van der Waals surface area contributed by atoms with E-state index in [0.717, 1.165) is 37.9 Å². The fourth-order valence-corrected chi connectivity index (χ4v) is 4.61. The zero-order chi connectivity index (χ0) is 38.8. The van der Waals surface area contributed by atoms with Gasteiger partial charge in [0.2, 0.25) is 0 Å². The van der Waals surface area contributed by atoms with E-state index < -0.39 is 0 Å². The van der Waals surface area contributed by atoms with Crippen LogP contribution in [0.25, 0.3) is 0 Å². The predicted molar refractivity (Wildman–Crippen MR) is 206 cm³/mol. The molecule has 0 aliphatic rings. The highest BCUT2D eigenvalue weighted by atomic mass is 16.6. The van der Waals surface area contributed by atoms with Gasteiger partial charge < -0.3 is 57.4 Å². The van der Waals surface area contributed by atoms with Gasteiger partial charge in [0.1, 0.15) is 13.2 Å². The van der Waals surface area contributed by atoms with Crippen LogP contribution in [0.3, 0.4) is 0 Å². The number of hydrogen-bond donors (Lipinski definition) is 1. The SMILES string of the molecule is CCCCCCCCC(=O)OCCOCCOCCOCCOCCOCCOCCOCCOCCOCCOC(=O)c1ccc(NCCCC)cc1. The minimum Gasteiger partial charge on any atom is -0.463 e. The van der Waals surface area contributed by atoms with Crippen molar-refractivity contribution < 1.29 is 61.7 Å². The van der Waals surface area contributed by atoms with Crippen molar-refractivity contribution in [2.24, 2.45) is 0 Å². The molecule has 14 heteroatoms. The number of hydrogen-bond acceptors (Lipinski definition) is 14. The molecule has 0 unspecified atom stereocenters. The normalized spacial score (nSPS) is 11.2. The Morgan fingerprint density at radius 3 is 1.19 bits per heavy atom. The van der Waals surface area contributed by atoms with Crippen molar-refractivity contribution in [1.82, 2.24) is 0 Å². The second-order valence-corrected chi connectivity index (χ2v) is 12.2. The quantitative estimate of drug-likeness (QED) is 0.0659. The standard InChI is InChI=1S/C40H71NO13/c1-3-5-7-8-9-10-11-39(42)53-35-33-51-31-29-49-27-25-47-23-21-45-19-17-44-18-20-46-22-24-48-26-28-50-30-32-52-34-36-54-40(43)37-12-14-38(15-13-37)41-16-6-4-2/h12-15,41H,3-11,16-36H2,1-2H3. The molecule has 14 nitrogen and oxygen atoms in total. The lowest BCUT2D eigenvalue weighted by Crippen LogP contribution is -2.16. The number of anilines is 1. The zero-order valence-electron chi connectivity index (χ0n) is 33.3. The summed E-state index contributed by atoms with van der Waals surface area (Å²) in [6, 6.07) is 7.29. The third-order valence-corrected chi connectivity index (χ3v) is 7.64. The first-order chi connectivity index (χ1) is 26.7. The molecule has 314 valence electrons. The van der Waals surface area contributed by atoms with Crippen LogP contribution in [0, 0.1) is 0 Å². The van der Waals surface area contributed by atoms with Crippen LogP contribution in [-0.2, 0) is 56.9 Å². The Kier molecular flexibility index (Phi) is 37.0. The first-order valence-corrected chi connectivity index (χ1v) is 20.0. The fourth-order valence-electron chi connectivity index (χ4n) is 4.61. The minimum atomic E-state index is -0.363. The van der Waals surface area contributed by atoms with Crippen molar-refractivity contribution >= 4 is 17.6 Å². The summed E-state index contributed by atoms with van der Waals surface area (Å²) in [5.74, 6) is -0.511. The molecule has 0 bridgehead atoms. The lowest BCUT2D eigenvalue weighted by molar-refractivity contribution is -0.145. The van der Waals surface area contributed by atoms with Crippen molar-refractivity contribution in [3.05, 3.63) is 29.8 Å². The zero-order valence-corrected chi connectivity index (χ0v) is 33.3. The predicted octanol–water partition coefficient (Wildman–Crippen LogP) is 5.50. The second kappa shape index (κ2) is 40.3. The van der Waals surface area contributed by atoms with Crippen molar-refractivity contribution in [2.75, 3.05) is 144 Å². The van der Waals surface area contributed by atoms with Crippen LogP contribution < -0.4 is 5.32 Å². The topological polar surface area (TPSA) is 148 Å². The van der Waals surface area contributed by atoms with E-state index in [1.54, 1.807) is 12.1 Å². The summed E-state index contributed by atoms with van der Waals surface area (Å²) in [7, 11) is 0. The maximum absolute atomic E-state index is 12.1. The maximum Gasteiger partial charge on any atom is 0.338 e. The van der Waals surface area contributed by atoms with Gasteiger partial charge in [-0.3, -0.25) is 4.79 Å². The van der Waals surface area contributed by atoms with Crippen molar-refractivity contribution in [1.29, 1.82) is 0 Å². The van der Waals surface area contributed by atoms with Gasteiger partial charge in [-0.15, -0.1) is 0 Å². The third kappa shape index (κ3) is 34.1. The van der Waals surface area contributed by atoms with E-state index in [0.29, 0.717) is 131 Å². The first kappa shape index (κ1) is 49.6. The van der Waals surface area contributed by atoms with E-state index in [1.165, 1.54) is 25.7 Å². The van der Waals surface area contributed by atoms with Crippen LogP contribution in [0.5, 0.6) is 0 Å². The van der Waals surface area contributed by atoms with Gasteiger partial charge in [0.15, 0.2) is 0 Å². The average molecular weight is 774 g/mol. The van der Waals surface area contributed by atoms with E-state index in [1.807, 2.05) is 12.1 Å². The van der Waals surface area contributed by atoms with Crippen molar-refractivity contribution in [3.8, 4) is 0 Å². The molecule has 0 saturated heterocycles. The summed E-state index contributed by atoms with van der Waals surface area (Å²) in [6.45, 7) is 13.9. The molecule has 0 heterocycles. The lowest BCUT2D eigenvalue weighted by Gasteiger charge is -2.09. The van der Waals surface area contributed by atoms with Gasteiger partial charge >= 0.3 is 11.9 Å². The molecule has 0 spiro atoms. The van der Waals surface area contributed by atoms with Gasteiger partial charge in [-0.2, -0.15) is 0 Å². The van der Waals surface area contributed by atoms with Crippen LogP contribution in [0.1, 0.15) is 82.0 Å². The molecule has 0 aliphatic carbocycles. The highest BCUT2D eigenvalue weighted by molar-refractivity contribution is 5.89. The average Bonchev–Trinajstić information content (AvgIpc) is 3.18. The molecule has 0 aliphatic heterocycles. The van der Waals surface area contributed by atoms with Crippen molar-refractivity contribution in [2.45, 2.75) is 71.6 Å². The fraction of sp³-hybridized carbons (Fsp3) is 0.800. The monoisotopic (exact) mass is 773 g/mol. The lowest BCUT2D eigenvalue weighted by atomic mass is 10.1. The van der Waals surface area contributed by atoms with E-state index >= 15 is 0 Å². The molecule has 0 radical (unpaired) electrons. The number of nitrogens with one attached hydrogen (secondary N) is 1. The summed E-state index contributed by atoms with van der Waals surface area (Å²) in [5, 5.41) is 3.32. The van der Waals surface area contributed by atoms with Crippen LogP contribution in [0.2, 0.25) is 0 Å². The van der Waals surface area contributed by atoms with Gasteiger partial charge in [-0.1, -0.05) is 52.4 Å². The Balaban J connectivity index is 1.69. The number of carbonyl (C=O) groups excluding carboxylic acids is 2. The molecule has 1 aromatic carbocycles. The number of rotatable bonds is 42. The summed E-state index contributed by atoms with van der Waals surface area (Å²) in [6.07, 6.45) is 9.63. The summed E-state index contributed by atoms with van der Waals surface area (Å²) in [5.41, 5.74) is 1.51. The van der Waals surface area contributed by atoms with Gasteiger partial charge in [0.05, 0.1) is 124 Å². The van der Waals surface area contributed by atoms with E-state index in [-0.39, 0.29) is 25.2 Å². The van der Waals surface area contributed by atoms with Crippen LogP contribution in [0.4, 0.5) is 5.69 Å². The summed E-state index contributed by atoms with van der Waals surface area (Å²) >= 11 is 0. The highest BCUT2D eigenvalue weighted by Gasteiger charge is 2.07. The van der Waals surface area contributed by atoms with Gasteiger partial charge in [0, 0.05) is 18.7 Å². The largest absolute Gasteiger partial charge is 0.463 e. The number of ether oxygens (including phenoxy) is 11. The molecule has 0 aromatic heterocycles. The molecule has 0 atom stereocenters. The molecule has 0 fully saturated rings. The van der Waals surface area contributed by atoms with Crippen molar-refractivity contribution in [3.63, 3.8) is 0 Å². The van der Waals surface area contributed by atoms with Gasteiger partial charge in [0.25, 0.3) is 0 Å². The Bertz CT molecular complexity index is 954. The maximum atomic E-state index is 12.1. The number of esters is 2. The molecule has 1 aromatic rings. The second-order valence-electron chi connectivity index (χ2n) is 12.2. The third-order valence-electron chi connectivity index (χ3n) is 7.64. The van der Waals surface area contributed by atoms with Gasteiger partial charge in [-0.25, -0.2) is 4.79 Å². The van der Waals surface area contributed by atoms with Crippen LogP contribution >= 0.6 is 0 Å². The molecule has 1 N–H and O–H groups in total. The van der Waals surface area contributed by atoms with Crippen LogP contribution in [0.15, 0.2) is 24.3 Å². The Hall–Kier alpha value is -2.40. The Morgan fingerprint density at radius 1 is 0.426 bits per heavy atom. The number of carbonyl (C=O) groups is 2. The van der Waals surface area contributed by atoms with E-state index in [9.17, 15) is 9.59 Å². The minimum absolute atomic E-state index is 0.148. The molecule has 54 heavy (non-hydrogen) atoms. The molecular formula is C40H71NO13. The Labute approximate surface area is 324 Å². The van der Waals surface area contributed by atoms with Crippen LogP contribution in [-0.4, -0.2) is 151 Å². The molecule has 0 saturated carbocycles. The molecular weight excluding hydrogens is 702 g/mol. The summed E-state index contributed by atoms with van der Waals surface area (Å²) < 4.78 is 59.7. The number of unbranched alkanes of at least 4 members (excludes halogenated alkanes) is 6. The first-order valence-electron chi connectivity index (χ1n) is 20.0. The number of benzene rings is 1. The smallest absolute Gasteiger partial charge is 0.338 e. The van der Waals surface area contributed by atoms with E-state index in [2.05, 4.69) is 19.2 Å².